The van der Waals surface area contributed by atoms with E-state index in [0.29, 0.717) is 17.9 Å². The van der Waals surface area contributed by atoms with E-state index in [4.69, 9.17) is 34.8 Å². The molecule has 0 rings (SSSR count). The van der Waals surface area contributed by atoms with E-state index >= 15 is 0 Å². The Kier molecular flexibility index (Phi) is 6.50. The lowest BCUT2D eigenvalue weighted by molar-refractivity contribution is 0.761. The van der Waals surface area contributed by atoms with Gasteiger partial charge in [0.25, 0.3) is 0 Å². The summed E-state index contributed by atoms with van der Waals surface area (Å²) in [5, 5.41) is 1.47. The highest BCUT2D eigenvalue weighted by atomic mass is 35.5. The topological polar surface area (TPSA) is 0 Å². The minimum Gasteiger partial charge on any atom is -0.123 e. The summed E-state index contributed by atoms with van der Waals surface area (Å²) < 4.78 is 0. The lowest BCUT2D eigenvalue weighted by Gasteiger charge is -2.10. The van der Waals surface area contributed by atoms with Gasteiger partial charge in [-0.25, -0.2) is 0 Å². The average Bonchev–Trinajstić information content (AvgIpc) is 1.85. The molecule has 1 unspecified atom stereocenters. The van der Waals surface area contributed by atoms with Crippen molar-refractivity contribution in [2.75, 3.05) is 0 Å². The zero-order valence-electron chi connectivity index (χ0n) is 6.54. The number of rotatable bonds is 5. The maximum Gasteiger partial charge on any atom is 0.0704 e. The molecule has 0 aromatic rings. The maximum atomic E-state index is 5.87. The van der Waals surface area contributed by atoms with E-state index in [9.17, 15) is 0 Å². The molecular formula is C8H12Cl3. The normalized spacial score (nSPS) is 13.5. The van der Waals surface area contributed by atoms with Gasteiger partial charge in [-0.05, 0) is 12.8 Å². The van der Waals surface area contributed by atoms with E-state index in [1.807, 2.05) is 6.92 Å². The van der Waals surface area contributed by atoms with Crippen LogP contribution in [-0.4, -0.2) is 5.38 Å². The summed E-state index contributed by atoms with van der Waals surface area (Å²) in [6.45, 7) is 5.57. The molecule has 0 nitrogen and oxygen atoms in total. The van der Waals surface area contributed by atoms with Gasteiger partial charge in [0.1, 0.15) is 0 Å². The summed E-state index contributed by atoms with van der Waals surface area (Å²) in [5.74, 6) is 0. The Balaban J connectivity index is 3.51. The fraction of sp³-hybridized carbons (Fsp3) is 0.625. The van der Waals surface area contributed by atoms with E-state index in [0.717, 1.165) is 11.8 Å². The zero-order chi connectivity index (χ0) is 8.85. The standard InChI is InChI=1S/C8H12Cl3/c1-3-7(10)5-8(11)4-6(2)9/h7H,2-5H2,1H3. The van der Waals surface area contributed by atoms with Crippen molar-refractivity contribution in [3.63, 3.8) is 0 Å². The summed E-state index contributed by atoms with van der Waals surface area (Å²) in [7, 11) is 0. The second-order valence-corrected chi connectivity index (χ2v) is 4.11. The number of hydrogen-bond acceptors (Lipinski definition) is 0. The summed E-state index contributed by atoms with van der Waals surface area (Å²) in [4.78, 5) is 0. The van der Waals surface area contributed by atoms with Gasteiger partial charge < -0.3 is 0 Å². The van der Waals surface area contributed by atoms with Crippen LogP contribution >= 0.6 is 34.8 Å². The summed E-state index contributed by atoms with van der Waals surface area (Å²) in [6, 6.07) is 0. The minimum absolute atomic E-state index is 0.124. The number of allylic oxidation sites excluding steroid dienone is 1. The molecule has 0 amide bonds. The van der Waals surface area contributed by atoms with Gasteiger partial charge in [-0.2, -0.15) is 0 Å². The van der Waals surface area contributed by atoms with Crippen LogP contribution in [0.15, 0.2) is 11.6 Å². The van der Waals surface area contributed by atoms with Crippen LogP contribution in [0.25, 0.3) is 0 Å². The van der Waals surface area contributed by atoms with Gasteiger partial charge >= 0.3 is 0 Å². The fourth-order valence-corrected chi connectivity index (χ4v) is 1.51. The molecule has 0 N–H and O–H groups in total. The third-order valence-electron chi connectivity index (χ3n) is 1.27. The van der Waals surface area contributed by atoms with Crippen molar-refractivity contribution < 1.29 is 0 Å². The zero-order valence-corrected chi connectivity index (χ0v) is 8.81. The Labute approximate surface area is 83.5 Å². The fourth-order valence-electron chi connectivity index (χ4n) is 0.665. The van der Waals surface area contributed by atoms with Gasteiger partial charge in [-0.15, -0.1) is 23.2 Å². The molecule has 65 valence electrons. The quantitative estimate of drug-likeness (QED) is 0.599. The van der Waals surface area contributed by atoms with Gasteiger partial charge in [0, 0.05) is 16.8 Å². The van der Waals surface area contributed by atoms with Crippen LogP contribution < -0.4 is 0 Å². The molecule has 0 fully saturated rings. The minimum atomic E-state index is 0.124. The molecule has 1 radical (unpaired) electrons. The Morgan fingerprint density at radius 2 is 2.00 bits per heavy atom. The summed E-state index contributed by atoms with van der Waals surface area (Å²) in [6.07, 6.45) is 2.20. The van der Waals surface area contributed by atoms with Gasteiger partial charge in [0.05, 0.1) is 5.38 Å². The first-order valence-corrected chi connectivity index (χ1v) is 4.73. The molecule has 0 spiro atoms. The molecule has 0 saturated heterocycles. The molecule has 0 bridgehead atoms. The molecule has 0 saturated carbocycles. The Hall–Kier alpha value is 0.610. The first-order chi connectivity index (χ1) is 5.06. The second kappa shape index (κ2) is 6.16. The Morgan fingerprint density at radius 1 is 1.45 bits per heavy atom. The SMILES string of the molecule is C=C(Cl)C[C](Cl)CC(Cl)CC. The summed E-state index contributed by atoms with van der Waals surface area (Å²) >= 11 is 17.3. The van der Waals surface area contributed by atoms with Gasteiger partial charge in [0.2, 0.25) is 0 Å². The molecule has 0 aliphatic carbocycles. The molecular weight excluding hydrogens is 202 g/mol. The lowest BCUT2D eigenvalue weighted by atomic mass is 10.1. The molecule has 0 aliphatic heterocycles. The molecule has 11 heavy (non-hydrogen) atoms. The second-order valence-electron chi connectivity index (χ2n) is 2.42. The third kappa shape index (κ3) is 6.99. The van der Waals surface area contributed by atoms with Crippen molar-refractivity contribution in [2.45, 2.75) is 31.6 Å². The van der Waals surface area contributed by atoms with Gasteiger partial charge in [-0.3, -0.25) is 0 Å². The van der Waals surface area contributed by atoms with Crippen LogP contribution in [0, 0.1) is 5.38 Å². The van der Waals surface area contributed by atoms with Crippen molar-refractivity contribution in [2.24, 2.45) is 0 Å². The van der Waals surface area contributed by atoms with Crippen molar-refractivity contribution >= 4 is 34.8 Å². The van der Waals surface area contributed by atoms with E-state index < -0.39 is 0 Å². The first kappa shape index (κ1) is 11.6. The van der Waals surface area contributed by atoms with Crippen LogP contribution in [0.5, 0.6) is 0 Å². The average molecular weight is 215 g/mol. The van der Waals surface area contributed by atoms with Crippen molar-refractivity contribution in [1.29, 1.82) is 0 Å². The molecule has 0 heterocycles. The molecule has 0 aromatic heterocycles. The highest BCUT2D eigenvalue weighted by Crippen LogP contribution is 2.27. The molecule has 1 atom stereocenters. The van der Waals surface area contributed by atoms with Gasteiger partial charge in [0.15, 0.2) is 0 Å². The monoisotopic (exact) mass is 213 g/mol. The van der Waals surface area contributed by atoms with Crippen molar-refractivity contribution in [1.82, 2.24) is 0 Å². The summed E-state index contributed by atoms with van der Waals surface area (Å²) in [5.41, 5.74) is 0. The van der Waals surface area contributed by atoms with E-state index in [2.05, 4.69) is 6.58 Å². The van der Waals surface area contributed by atoms with Crippen molar-refractivity contribution in [3.8, 4) is 0 Å². The third-order valence-corrected chi connectivity index (χ3v) is 2.15. The van der Waals surface area contributed by atoms with Crippen LogP contribution in [0.1, 0.15) is 26.2 Å². The number of halogens is 3. The van der Waals surface area contributed by atoms with Crippen LogP contribution in [-0.2, 0) is 0 Å². The molecule has 0 aliphatic rings. The van der Waals surface area contributed by atoms with Gasteiger partial charge in [-0.1, -0.05) is 25.1 Å². The van der Waals surface area contributed by atoms with E-state index in [1.54, 1.807) is 0 Å². The smallest absolute Gasteiger partial charge is 0.0704 e. The van der Waals surface area contributed by atoms with E-state index in [1.165, 1.54) is 0 Å². The van der Waals surface area contributed by atoms with E-state index in [-0.39, 0.29) is 5.38 Å². The van der Waals surface area contributed by atoms with Crippen LogP contribution in [0.2, 0.25) is 0 Å². The lowest BCUT2D eigenvalue weighted by Crippen LogP contribution is -2.00. The molecule has 3 heteroatoms. The highest BCUT2D eigenvalue weighted by Gasteiger charge is 2.11. The number of hydrogen-bond donors (Lipinski definition) is 0. The number of alkyl halides is 1. The first-order valence-electron chi connectivity index (χ1n) is 3.53. The van der Waals surface area contributed by atoms with Crippen LogP contribution in [0.3, 0.4) is 0 Å². The highest BCUT2D eigenvalue weighted by molar-refractivity contribution is 6.32. The largest absolute Gasteiger partial charge is 0.123 e. The Bertz CT molecular complexity index is 123. The maximum absolute atomic E-state index is 5.87. The van der Waals surface area contributed by atoms with Crippen molar-refractivity contribution in [3.05, 3.63) is 17.0 Å². The predicted octanol–water partition coefficient (Wildman–Crippen LogP) is 4.31. The molecule has 0 aromatic carbocycles. The van der Waals surface area contributed by atoms with Crippen LogP contribution in [0.4, 0.5) is 0 Å². The predicted molar refractivity (Wildman–Crippen MR) is 53.3 cm³/mol. The Morgan fingerprint density at radius 3 is 2.36 bits per heavy atom.